The van der Waals surface area contributed by atoms with Crippen molar-refractivity contribution in [2.45, 2.75) is 6.92 Å². The van der Waals surface area contributed by atoms with Gasteiger partial charge in [0.2, 0.25) is 0 Å². The van der Waals surface area contributed by atoms with Gasteiger partial charge in [0.15, 0.2) is 0 Å². The van der Waals surface area contributed by atoms with Crippen molar-refractivity contribution >= 4 is 15.9 Å². The second-order valence-corrected chi connectivity index (χ2v) is 5.34. The van der Waals surface area contributed by atoms with Crippen molar-refractivity contribution in [3.05, 3.63) is 70.8 Å². The van der Waals surface area contributed by atoms with Gasteiger partial charge in [-0.1, -0.05) is 46.3 Å². The maximum absolute atomic E-state index is 4.59. The first-order chi connectivity index (χ1) is 9.24. The molecule has 0 unspecified atom stereocenters. The highest BCUT2D eigenvalue weighted by Crippen LogP contribution is 2.26. The minimum atomic E-state index is 1.01. The van der Waals surface area contributed by atoms with E-state index in [0.29, 0.717) is 0 Å². The third kappa shape index (κ3) is 2.47. The van der Waals surface area contributed by atoms with Crippen molar-refractivity contribution in [3.63, 3.8) is 0 Å². The molecule has 0 aliphatic rings. The third-order valence-corrected chi connectivity index (χ3v) is 3.45. The van der Waals surface area contributed by atoms with Gasteiger partial charge in [-0.05, 0) is 37.3 Å². The van der Waals surface area contributed by atoms with Crippen LogP contribution in [-0.2, 0) is 0 Å². The van der Waals surface area contributed by atoms with E-state index in [1.807, 2.05) is 41.9 Å². The lowest BCUT2D eigenvalue weighted by Gasteiger charge is -2.07. The first-order valence-electron chi connectivity index (χ1n) is 6.12. The Bertz CT molecular complexity index is 702. The molecule has 0 saturated carbocycles. The van der Waals surface area contributed by atoms with Crippen LogP contribution in [0.2, 0.25) is 0 Å². The van der Waals surface area contributed by atoms with Gasteiger partial charge < -0.3 is 0 Å². The minimum absolute atomic E-state index is 1.01. The summed E-state index contributed by atoms with van der Waals surface area (Å²) in [6.07, 6.45) is 0. The molecule has 0 aliphatic carbocycles. The molecule has 94 valence electrons. The SMILES string of the molecule is Cc1cc(-c2cccc(Br)c2)n(-c2ccccc2)n1. The lowest BCUT2D eigenvalue weighted by Crippen LogP contribution is -1.98. The fraction of sp³-hybridized carbons (Fsp3) is 0.0625. The maximum Gasteiger partial charge on any atom is 0.0744 e. The fourth-order valence-corrected chi connectivity index (χ4v) is 2.52. The van der Waals surface area contributed by atoms with E-state index in [9.17, 15) is 0 Å². The largest absolute Gasteiger partial charge is 0.233 e. The van der Waals surface area contributed by atoms with E-state index < -0.39 is 0 Å². The first kappa shape index (κ1) is 12.2. The van der Waals surface area contributed by atoms with Crippen LogP contribution in [0.15, 0.2) is 65.1 Å². The molecule has 0 amide bonds. The molecule has 19 heavy (non-hydrogen) atoms. The molecule has 0 bridgehead atoms. The monoisotopic (exact) mass is 312 g/mol. The van der Waals surface area contributed by atoms with Gasteiger partial charge in [0.05, 0.1) is 17.1 Å². The molecule has 0 saturated heterocycles. The maximum atomic E-state index is 4.59. The van der Waals surface area contributed by atoms with Gasteiger partial charge in [-0.3, -0.25) is 0 Å². The highest BCUT2D eigenvalue weighted by molar-refractivity contribution is 9.10. The van der Waals surface area contributed by atoms with Crippen LogP contribution >= 0.6 is 15.9 Å². The number of benzene rings is 2. The van der Waals surface area contributed by atoms with Crippen LogP contribution in [0.25, 0.3) is 16.9 Å². The van der Waals surface area contributed by atoms with Gasteiger partial charge in [-0.15, -0.1) is 0 Å². The Balaban J connectivity index is 2.18. The van der Waals surface area contributed by atoms with Crippen molar-refractivity contribution < 1.29 is 0 Å². The van der Waals surface area contributed by atoms with E-state index in [4.69, 9.17) is 0 Å². The molecular formula is C16H13BrN2. The minimum Gasteiger partial charge on any atom is -0.233 e. The molecule has 3 aromatic rings. The van der Waals surface area contributed by atoms with Crippen molar-refractivity contribution in [1.82, 2.24) is 9.78 Å². The normalized spacial score (nSPS) is 10.6. The Labute approximate surface area is 120 Å². The fourth-order valence-electron chi connectivity index (χ4n) is 2.12. The Hall–Kier alpha value is -1.87. The van der Waals surface area contributed by atoms with Crippen LogP contribution in [0.4, 0.5) is 0 Å². The zero-order valence-corrected chi connectivity index (χ0v) is 12.1. The molecule has 0 N–H and O–H groups in total. The molecule has 3 rings (SSSR count). The zero-order chi connectivity index (χ0) is 13.2. The molecule has 2 aromatic carbocycles. The van der Waals surface area contributed by atoms with Crippen LogP contribution in [0, 0.1) is 6.92 Å². The molecule has 0 radical (unpaired) electrons. The Morgan fingerprint density at radius 3 is 2.47 bits per heavy atom. The van der Waals surface area contributed by atoms with E-state index in [1.165, 1.54) is 0 Å². The number of nitrogens with zero attached hydrogens (tertiary/aromatic N) is 2. The Morgan fingerprint density at radius 2 is 1.74 bits per heavy atom. The van der Waals surface area contributed by atoms with E-state index in [2.05, 4.69) is 51.4 Å². The summed E-state index contributed by atoms with van der Waals surface area (Å²) in [5.41, 5.74) is 4.34. The molecule has 1 heterocycles. The molecule has 2 nitrogen and oxygen atoms in total. The van der Waals surface area contributed by atoms with Crippen molar-refractivity contribution in [2.75, 3.05) is 0 Å². The van der Waals surface area contributed by atoms with E-state index in [0.717, 1.165) is 27.1 Å². The van der Waals surface area contributed by atoms with Crippen molar-refractivity contribution in [3.8, 4) is 16.9 Å². The lowest BCUT2D eigenvalue weighted by molar-refractivity contribution is 0.869. The number of hydrogen-bond donors (Lipinski definition) is 0. The Morgan fingerprint density at radius 1 is 0.947 bits per heavy atom. The van der Waals surface area contributed by atoms with Gasteiger partial charge in [-0.2, -0.15) is 5.10 Å². The average Bonchev–Trinajstić information content (AvgIpc) is 2.82. The zero-order valence-electron chi connectivity index (χ0n) is 10.5. The quantitative estimate of drug-likeness (QED) is 0.675. The highest BCUT2D eigenvalue weighted by Gasteiger charge is 2.09. The van der Waals surface area contributed by atoms with Crippen molar-refractivity contribution in [1.29, 1.82) is 0 Å². The summed E-state index contributed by atoms with van der Waals surface area (Å²) in [6.45, 7) is 2.01. The predicted molar refractivity (Wildman–Crippen MR) is 81.4 cm³/mol. The van der Waals surface area contributed by atoms with Gasteiger partial charge in [-0.25, -0.2) is 4.68 Å². The molecule has 1 aromatic heterocycles. The van der Waals surface area contributed by atoms with Gasteiger partial charge >= 0.3 is 0 Å². The second-order valence-electron chi connectivity index (χ2n) is 4.43. The topological polar surface area (TPSA) is 17.8 Å². The van der Waals surface area contributed by atoms with E-state index in [1.54, 1.807) is 0 Å². The van der Waals surface area contributed by atoms with Gasteiger partial charge in [0, 0.05) is 10.0 Å². The van der Waals surface area contributed by atoms with Crippen LogP contribution in [0.1, 0.15) is 5.69 Å². The van der Waals surface area contributed by atoms with Gasteiger partial charge in [0.25, 0.3) is 0 Å². The lowest BCUT2D eigenvalue weighted by atomic mass is 10.1. The summed E-state index contributed by atoms with van der Waals surface area (Å²) >= 11 is 3.52. The summed E-state index contributed by atoms with van der Waals surface area (Å²) in [5, 5.41) is 4.59. The summed E-state index contributed by atoms with van der Waals surface area (Å²) in [7, 11) is 0. The van der Waals surface area contributed by atoms with E-state index >= 15 is 0 Å². The number of rotatable bonds is 2. The summed E-state index contributed by atoms with van der Waals surface area (Å²) < 4.78 is 3.06. The van der Waals surface area contributed by atoms with Gasteiger partial charge in [0.1, 0.15) is 0 Å². The predicted octanol–water partition coefficient (Wildman–Crippen LogP) is 4.61. The molecule has 0 fully saturated rings. The molecule has 3 heteroatoms. The standard InChI is InChI=1S/C16H13BrN2/c1-12-10-16(13-6-5-7-14(17)11-13)19(18-12)15-8-3-2-4-9-15/h2-11H,1H3. The molecule has 0 aliphatic heterocycles. The number of hydrogen-bond acceptors (Lipinski definition) is 1. The number of aromatic nitrogens is 2. The summed E-state index contributed by atoms with van der Waals surface area (Å²) in [5.74, 6) is 0. The Kier molecular flexibility index (Phi) is 3.22. The van der Waals surface area contributed by atoms with Crippen LogP contribution in [0.3, 0.4) is 0 Å². The van der Waals surface area contributed by atoms with Crippen LogP contribution < -0.4 is 0 Å². The number of halogens is 1. The molecule has 0 spiro atoms. The molecule has 0 atom stereocenters. The van der Waals surface area contributed by atoms with Crippen LogP contribution in [0.5, 0.6) is 0 Å². The number of para-hydroxylation sites is 1. The first-order valence-corrected chi connectivity index (χ1v) is 6.91. The summed E-state index contributed by atoms with van der Waals surface area (Å²) in [6, 6.07) is 20.6. The smallest absolute Gasteiger partial charge is 0.0744 e. The molecular weight excluding hydrogens is 300 g/mol. The second kappa shape index (κ2) is 5.02. The third-order valence-electron chi connectivity index (χ3n) is 2.95. The average molecular weight is 313 g/mol. The summed E-state index contributed by atoms with van der Waals surface area (Å²) in [4.78, 5) is 0. The van der Waals surface area contributed by atoms with E-state index in [-0.39, 0.29) is 0 Å². The number of aryl methyl sites for hydroxylation is 1. The van der Waals surface area contributed by atoms with Crippen molar-refractivity contribution in [2.24, 2.45) is 0 Å². The highest BCUT2D eigenvalue weighted by atomic mass is 79.9. The van der Waals surface area contributed by atoms with Crippen LogP contribution in [-0.4, -0.2) is 9.78 Å².